The third kappa shape index (κ3) is 4.60. The number of amides is 1. The summed E-state index contributed by atoms with van der Waals surface area (Å²) in [5.74, 6) is 0.439. The fourth-order valence-corrected chi connectivity index (χ4v) is 2.21. The zero-order valence-electron chi connectivity index (χ0n) is 11.9. The molecule has 2 aromatic carbocycles. The van der Waals surface area contributed by atoms with Crippen molar-refractivity contribution in [2.24, 2.45) is 0 Å². The van der Waals surface area contributed by atoms with Crippen LogP contribution < -0.4 is 10.1 Å². The Kier molecular flexibility index (Phi) is 5.81. The lowest BCUT2D eigenvalue weighted by atomic mass is 10.2. The number of unbranched alkanes of at least 4 members (excludes halogenated alkanes) is 1. The normalized spacial score (nSPS) is 10.2. The van der Waals surface area contributed by atoms with Crippen LogP contribution in [-0.2, 0) is 0 Å². The Labute approximate surface area is 133 Å². The second kappa shape index (κ2) is 7.84. The molecule has 0 fully saturated rings. The molecule has 110 valence electrons. The molecule has 1 N–H and O–H groups in total. The number of para-hydroxylation sites is 1. The minimum Gasteiger partial charge on any atom is -0.493 e. The van der Waals surface area contributed by atoms with Crippen LogP contribution in [-0.4, -0.2) is 12.5 Å². The third-order valence-corrected chi connectivity index (χ3v) is 3.47. The van der Waals surface area contributed by atoms with Crippen LogP contribution in [0.2, 0.25) is 0 Å². The van der Waals surface area contributed by atoms with Crippen LogP contribution in [0.25, 0.3) is 0 Å². The number of anilines is 1. The van der Waals surface area contributed by atoms with Gasteiger partial charge in [-0.3, -0.25) is 4.79 Å². The molecule has 0 spiro atoms. The number of benzene rings is 2. The molecule has 4 heteroatoms. The van der Waals surface area contributed by atoms with Crippen LogP contribution in [0.15, 0.2) is 53.0 Å². The zero-order chi connectivity index (χ0) is 15.1. The van der Waals surface area contributed by atoms with Crippen molar-refractivity contribution in [2.75, 3.05) is 11.9 Å². The van der Waals surface area contributed by atoms with Crippen LogP contribution in [0, 0.1) is 0 Å². The molecule has 0 heterocycles. The highest BCUT2D eigenvalue weighted by molar-refractivity contribution is 9.10. The van der Waals surface area contributed by atoms with Crippen LogP contribution in [0.4, 0.5) is 5.69 Å². The van der Waals surface area contributed by atoms with Gasteiger partial charge < -0.3 is 10.1 Å². The average Bonchev–Trinajstić information content (AvgIpc) is 2.50. The van der Waals surface area contributed by atoms with E-state index in [0.29, 0.717) is 17.9 Å². The number of hydrogen-bond acceptors (Lipinski definition) is 2. The molecule has 0 aliphatic carbocycles. The SMILES string of the molecule is CCCCOc1ccc(Br)cc1C(=O)Nc1ccccc1. The first-order valence-corrected chi connectivity index (χ1v) is 7.78. The van der Waals surface area contributed by atoms with Gasteiger partial charge in [-0.1, -0.05) is 47.5 Å². The van der Waals surface area contributed by atoms with Gasteiger partial charge in [0.25, 0.3) is 5.91 Å². The Balaban J connectivity index is 2.16. The van der Waals surface area contributed by atoms with Crippen LogP contribution >= 0.6 is 15.9 Å². The molecular formula is C17H18BrNO2. The lowest BCUT2D eigenvalue weighted by Gasteiger charge is -2.12. The van der Waals surface area contributed by atoms with E-state index in [0.717, 1.165) is 23.0 Å². The Morgan fingerprint density at radius 2 is 1.95 bits per heavy atom. The molecule has 0 saturated carbocycles. The second-order valence-electron chi connectivity index (χ2n) is 4.66. The molecule has 1 amide bonds. The maximum absolute atomic E-state index is 12.4. The first kappa shape index (κ1) is 15.6. The average molecular weight is 348 g/mol. The van der Waals surface area contributed by atoms with Crippen molar-refractivity contribution < 1.29 is 9.53 Å². The summed E-state index contributed by atoms with van der Waals surface area (Å²) >= 11 is 3.40. The summed E-state index contributed by atoms with van der Waals surface area (Å²) in [6.45, 7) is 2.72. The summed E-state index contributed by atoms with van der Waals surface area (Å²) < 4.78 is 6.56. The van der Waals surface area contributed by atoms with E-state index in [4.69, 9.17) is 4.74 Å². The number of ether oxygens (including phenoxy) is 1. The molecule has 21 heavy (non-hydrogen) atoms. The maximum atomic E-state index is 12.4. The van der Waals surface area contributed by atoms with Crippen LogP contribution in [0.5, 0.6) is 5.75 Å². The van der Waals surface area contributed by atoms with Gasteiger partial charge in [0.1, 0.15) is 5.75 Å². The highest BCUT2D eigenvalue weighted by Gasteiger charge is 2.13. The highest BCUT2D eigenvalue weighted by atomic mass is 79.9. The van der Waals surface area contributed by atoms with Gasteiger partial charge in [-0.15, -0.1) is 0 Å². The van der Waals surface area contributed by atoms with Crippen molar-refractivity contribution in [2.45, 2.75) is 19.8 Å². The predicted octanol–water partition coefficient (Wildman–Crippen LogP) is 4.88. The molecule has 0 atom stereocenters. The number of carbonyl (C=O) groups is 1. The molecule has 2 aromatic rings. The Morgan fingerprint density at radius 3 is 2.67 bits per heavy atom. The number of hydrogen-bond donors (Lipinski definition) is 1. The van der Waals surface area contributed by atoms with E-state index in [9.17, 15) is 4.79 Å². The molecule has 0 saturated heterocycles. The third-order valence-electron chi connectivity index (χ3n) is 2.97. The quantitative estimate of drug-likeness (QED) is 0.756. The topological polar surface area (TPSA) is 38.3 Å². The van der Waals surface area contributed by atoms with Crippen molar-refractivity contribution in [3.8, 4) is 5.75 Å². The molecule has 0 unspecified atom stereocenters. The van der Waals surface area contributed by atoms with E-state index >= 15 is 0 Å². The summed E-state index contributed by atoms with van der Waals surface area (Å²) in [5.41, 5.74) is 1.30. The van der Waals surface area contributed by atoms with E-state index < -0.39 is 0 Å². The Hall–Kier alpha value is -1.81. The highest BCUT2D eigenvalue weighted by Crippen LogP contribution is 2.24. The molecule has 0 bridgehead atoms. The summed E-state index contributed by atoms with van der Waals surface area (Å²) in [7, 11) is 0. The van der Waals surface area contributed by atoms with Crippen molar-refractivity contribution in [3.63, 3.8) is 0 Å². The zero-order valence-corrected chi connectivity index (χ0v) is 13.5. The molecule has 0 radical (unpaired) electrons. The second-order valence-corrected chi connectivity index (χ2v) is 5.58. The maximum Gasteiger partial charge on any atom is 0.259 e. The van der Waals surface area contributed by atoms with Gasteiger partial charge in [0.05, 0.1) is 12.2 Å². The van der Waals surface area contributed by atoms with E-state index in [1.54, 1.807) is 6.07 Å². The summed E-state index contributed by atoms with van der Waals surface area (Å²) in [4.78, 5) is 12.4. The largest absolute Gasteiger partial charge is 0.493 e. The van der Waals surface area contributed by atoms with Crippen molar-refractivity contribution in [1.82, 2.24) is 0 Å². The van der Waals surface area contributed by atoms with Crippen molar-refractivity contribution in [3.05, 3.63) is 58.6 Å². The first-order chi connectivity index (χ1) is 10.2. The Morgan fingerprint density at radius 1 is 1.19 bits per heavy atom. The van der Waals surface area contributed by atoms with Gasteiger partial charge in [0, 0.05) is 10.2 Å². The van der Waals surface area contributed by atoms with Gasteiger partial charge in [0.15, 0.2) is 0 Å². The van der Waals surface area contributed by atoms with E-state index in [-0.39, 0.29) is 5.91 Å². The summed E-state index contributed by atoms with van der Waals surface area (Å²) in [6, 6.07) is 14.9. The molecule has 3 nitrogen and oxygen atoms in total. The summed E-state index contributed by atoms with van der Waals surface area (Å²) in [6.07, 6.45) is 2.03. The summed E-state index contributed by atoms with van der Waals surface area (Å²) in [5, 5.41) is 2.88. The molecule has 0 aromatic heterocycles. The number of halogens is 1. The van der Waals surface area contributed by atoms with Crippen molar-refractivity contribution in [1.29, 1.82) is 0 Å². The minimum absolute atomic E-state index is 0.172. The minimum atomic E-state index is -0.172. The van der Waals surface area contributed by atoms with Crippen molar-refractivity contribution >= 4 is 27.5 Å². The lowest BCUT2D eigenvalue weighted by Crippen LogP contribution is -2.14. The fraction of sp³-hybridized carbons (Fsp3) is 0.235. The monoisotopic (exact) mass is 347 g/mol. The standard InChI is InChI=1S/C17H18BrNO2/c1-2-3-11-21-16-10-9-13(18)12-15(16)17(20)19-14-7-5-4-6-8-14/h4-10,12H,2-3,11H2,1H3,(H,19,20). The van der Waals surface area contributed by atoms with Gasteiger partial charge >= 0.3 is 0 Å². The van der Waals surface area contributed by atoms with Crippen LogP contribution in [0.1, 0.15) is 30.1 Å². The number of rotatable bonds is 6. The molecule has 0 aliphatic rings. The molecule has 0 aliphatic heterocycles. The van der Waals surface area contributed by atoms with Crippen LogP contribution in [0.3, 0.4) is 0 Å². The number of nitrogens with one attached hydrogen (secondary N) is 1. The van der Waals surface area contributed by atoms with Gasteiger partial charge in [-0.25, -0.2) is 0 Å². The van der Waals surface area contributed by atoms with E-state index in [2.05, 4.69) is 28.2 Å². The lowest BCUT2D eigenvalue weighted by molar-refractivity contribution is 0.102. The van der Waals surface area contributed by atoms with E-state index in [1.165, 1.54) is 0 Å². The van der Waals surface area contributed by atoms with E-state index in [1.807, 2.05) is 42.5 Å². The first-order valence-electron chi connectivity index (χ1n) is 6.99. The van der Waals surface area contributed by atoms with Gasteiger partial charge in [0.2, 0.25) is 0 Å². The Bertz CT molecular complexity index is 599. The molecular weight excluding hydrogens is 330 g/mol. The number of carbonyl (C=O) groups excluding carboxylic acids is 1. The fourth-order valence-electron chi connectivity index (χ4n) is 1.85. The van der Waals surface area contributed by atoms with Gasteiger partial charge in [-0.05, 0) is 36.8 Å². The smallest absolute Gasteiger partial charge is 0.259 e. The molecule has 2 rings (SSSR count). The van der Waals surface area contributed by atoms with Gasteiger partial charge in [-0.2, -0.15) is 0 Å². The predicted molar refractivity (Wildman–Crippen MR) is 88.9 cm³/mol.